The van der Waals surface area contributed by atoms with Gasteiger partial charge in [0.15, 0.2) is 0 Å². The van der Waals surface area contributed by atoms with Gasteiger partial charge in [0, 0.05) is 11.8 Å². The Balaban J connectivity index is 1.64. The zero-order valence-electron chi connectivity index (χ0n) is 14.7. The monoisotopic (exact) mass is 387 g/mol. The van der Waals surface area contributed by atoms with Gasteiger partial charge in [-0.15, -0.1) is 5.10 Å². The number of hydrogen-bond acceptors (Lipinski definition) is 8. The highest BCUT2D eigenvalue weighted by Gasteiger charge is 2.14. The first-order chi connectivity index (χ1) is 13.1. The molecule has 0 aliphatic carbocycles. The Kier molecular flexibility index (Phi) is 5.87. The van der Waals surface area contributed by atoms with Crippen molar-refractivity contribution in [2.75, 3.05) is 19.5 Å². The molecule has 0 atom stereocenters. The van der Waals surface area contributed by atoms with E-state index in [9.17, 15) is 10.1 Å². The predicted molar refractivity (Wildman–Crippen MR) is 99.8 cm³/mol. The summed E-state index contributed by atoms with van der Waals surface area (Å²) in [7, 11) is 1.60. The fourth-order valence-corrected chi connectivity index (χ4v) is 3.07. The second-order valence-corrected chi connectivity index (χ2v) is 6.56. The molecule has 2 aromatic carbocycles. The first-order valence-corrected chi connectivity index (χ1v) is 9.00. The Labute approximate surface area is 159 Å². The normalized spacial score (nSPS) is 10.6. The fourth-order valence-electron chi connectivity index (χ4n) is 2.36. The lowest BCUT2D eigenvalue weighted by atomic mass is 10.2. The number of rotatable bonds is 8. The Bertz CT molecular complexity index is 947. The van der Waals surface area contributed by atoms with Crippen molar-refractivity contribution in [2.45, 2.75) is 12.1 Å². The van der Waals surface area contributed by atoms with E-state index < -0.39 is 4.92 Å². The lowest BCUT2D eigenvalue weighted by Crippen LogP contribution is -2.05. The number of aromatic nitrogens is 4. The first kappa shape index (κ1) is 18.6. The van der Waals surface area contributed by atoms with Crippen LogP contribution in [0.2, 0.25) is 0 Å². The molecule has 0 amide bonds. The predicted octanol–water partition coefficient (Wildman–Crippen LogP) is 3.06. The zero-order valence-corrected chi connectivity index (χ0v) is 15.5. The van der Waals surface area contributed by atoms with Gasteiger partial charge >= 0.3 is 0 Å². The number of thioether (sulfide) groups is 1. The van der Waals surface area contributed by atoms with E-state index in [1.807, 2.05) is 25.1 Å². The number of ether oxygens (including phenoxy) is 2. The molecule has 3 rings (SSSR count). The van der Waals surface area contributed by atoms with Gasteiger partial charge in [-0.1, -0.05) is 23.9 Å². The van der Waals surface area contributed by atoms with Gasteiger partial charge in [-0.2, -0.15) is 4.68 Å². The molecule has 0 bridgehead atoms. The molecule has 27 heavy (non-hydrogen) atoms. The molecule has 0 radical (unpaired) electrons. The number of hydrogen-bond donors (Lipinski definition) is 0. The first-order valence-electron chi connectivity index (χ1n) is 8.02. The molecule has 1 aromatic heterocycles. The number of nitro benzene ring substituents is 1. The van der Waals surface area contributed by atoms with Crippen LogP contribution < -0.4 is 9.47 Å². The standard InChI is InChI=1S/C17H17N5O4S/c1-12-6-7-16(25-2)15(10-12)21-17(18-19-20-21)27-9-8-26-14-5-3-4-13(11-14)22(23)24/h3-7,10-11H,8-9H2,1-2H3. The highest BCUT2D eigenvalue weighted by Crippen LogP contribution is 2.27. The van der Waals surface area contributed by atoms with Crippen molar-refractivity contribution in [1.29, 1.82) is 0 Å². The molecule has 0 aliphatic heterocycles. The molecule has 0 aliphatic rings. The molecule has 0 saturated heterocycles. The molecule has 3 aromatic rings. The molecule has 10 heteroatoms. The second kappa shape index (κ2) is 8.49. The van der Waals surface area contributed by atoms with E-state index in [0.29, 0.717) is 29.0 Å². The summed E-state index contributed by atoms with van der Waals surface area (Å²) in [4.78, 5) is 10.3. The van der Waals surface area contributed by atoms with Gasteiger partial charge in [-0.25, -0.2) is 0 Å². The fraction of sp³-hybridized carbons (Fsp3) is 0.235. The maximum absolute atomic E-state index is 10.8. The van der Waals surface area contributed by atoms with Gasteiger partial charge in [0.05, 0.1) is 24.7 Å². The summed E-state index contributed by atoms with van der Waals surface area (Å²) >= 11 is 1.42. The van der Waals surface area contributed by atoms with Crippen LogP contribution in [-0.4, -0.2) is 44.6 Å². The van der Waals surface area contributed by atoms with Crippen molar-refractivity contribution in [3.05, 3.63) is 58.1 Å². The van der Waals surface area contributed by atoms with E-state index in [-0.39, 0.29) is 5.69 Å². The van der Waals surface area contributed by atoms with Crippen LogP contribution in [0.25, 0.3) is 5.69 Å². The van der Waals surface area contributed by atoms with Crippen molar-refractivity contribution < 1.29 is 14.4 Å². The maximum Gasteiger partial charge on any atom is 0.273 e. The number of tetrazole rings is 1. The number of aryl methyl sites for hydroxylation is 1. The van der Waals surface area contributed by atoms with Crippen molar-refractivity contribution >= 4 is 17.4 Å². The third kappa shape index (κ3) is 4.53. The third-order valence-electron chi connectivity index (χ3n) is 3.62. The molecular formula is C17H17N5O4S. The average molecular weight is 387 g/mol. The van der Waals surface area contributed by atoms with E-state index in [0.717, 1.165) is 11.3 Å². The van der Waals surface area contributed by atoms with Gasteiger partial charge in [0.25, 0.3) is 5.69 Å². The Morgan fingerprint density at radius 1 is 1.26 bits per heavy atom. The van der Waals surface area contributed by atoms with Gasteiger partial charge in [0.1, 0.15) is 17.2 Å². The van der Waals surface area contributed by atoms with Crippen LogP contribution in [0.4, 0.5) is 5.69 Å². The van der Waals surface area contributed by atoms with Crippen molar-refractivity contribution in [3.63, 3.8) is 0 Å². The third-order valence-corrected chi connectivity index (χ3v) is 4.50. The number of nitro groups is 1. The van der Waals surface area contributed by atoms with Gasteiger partial charge < -0.3 is 9.47 Å². The minimum Gasteiger partial charge on any atom is -0.494 e. The molecule has 9 nitrogen and oxygen atoms in total. The van der Waals surface area contributed by atoms with Crippen molar-refractivity contribution in [3.8, 4) is 17.2 Å². The van der Waals surface area contributed by atoms with Crippen molar-refractivity contribution in [2.24, 2.45) is 0 Å². The molecule has 0 unspecified atom stereocenters. The number of methoxy groups -OCH3 is 1. The second-order valence-electron chi connectivity index (χ2n) is 5.50. The SMILES string of the molecule is COc1ccc(C)cc1-n1nnnc1SCCOc1cccc([N+](=O)[O-])c1. The van der Waals surface area contributed by atoms with Gasteiger partial charge in [-0.3, -0.25) is 10.1 Å². The molecule has 140 valence electrons. The zero-order chi connectivity index (χ0) is 19.2. The van der Waals surface area contributed by atoms with Crippen LogP contribution >= 0.6 is 11.8 Å². The number of non-ortho nitro benzene ring substituents is 1. The Morgan fingerprint density at radius 3 is 2.89 bits per heavy atom. The highest BCUT2D eigenvalue weighted by atomic mass is 32.2. The summed E-state index contributed by atoms with van der Waals surface area (Å²) in [6.07, 6.45) is 0. The number of benzene rings is 2. The van der Waals surface area contributed by atoms with E-state index in [1.165, 1.54) is 23.9 Å². The molecule has 1 heterocycles. The van der Waals surface area contributed by atoms with E-state index >= 15 is 0 Å². The van der Waals surface area contributed by atoms with E-state index in [1.54, 1.807) is 23.9 Å². The topological polar surface area (TPSA) is 105 Å². The molecule has 0 saturated carbocycles. The maximum atomic E-state index is 10.8. The highest BCUT2D eigenvalue weighted by molar-refractivity contribution is 7.99. The summed E-state index contributed by atoms with van der Waals surface area (Å²) in [5.41, 5.74) is 1.81. The summed E-state index contributed by atoms with van der Waals surface area (Å²) < 4.78 is 12.6. The Hall–Kier alpha value is -3.14. The summed E-state index contributed by atoms with van der Waals surface area (Å²) in [6, 6.07) is 11.8. The van der Waals surface area contributed by atoms with E-state index in [2.05, 4.69) is 15.5 Å². The van der Waals surface area contributed by atoms with Crippen molar-refractivity contribution in [1.82, 2.24) is 20.2 Å². The summed E-state index contributed by atoms with van der Waals surface area (Å²) in [5, 5.41) is 23.2. The number of nitrogens with zero attached hydrogens (tertiary/aromatic N) is 5. The molecule has 0 fully saturated rings. The molecule has 0 spiro atoms. The molecular weight excluding hydrogens is 370 g/mol. The van der Waals surface area contributed by atoms with Crippen LogP contribution in [0.5, 0.6) is 11.5 Å². The lowest BCUT2D eigenvalue weighted by Gasteiger charge is -2.10. The van der Waals surface area contributed by atoms with E-state index in [4.69, 9.17) is 9.47 Å². The Morgan fingerprint density at radius 2 is 2.11 bits per heavy atom. The average Bonchev–Trinajstić information content (AvgIpc) is 3.13. The van der Waals surface area contributed by atoms with Crippen LogP contribution in [0.15, 0.2) is 47.6 Å². The minimum atomic E-state index is -0.453. The summed E-state index contributed by atoms with van der Waals surface area (Å²) in [6.45, 7) is 2.33. The van der Waals surface area contributed by atoms with Crippen LogP contribution in [0, 0.1) is 17.0 Å². The molecule has 0 N–H and O–H groups in total. The van der Waals surface area contributed by atoms with Gasteiger partial charge in [-0.05, 0) is 41.1 Å². The minimum absolute atomic E-state index is 0.00404. The summed E-state index contributed by atoms with van der Waals surface area (Å²) in [5.74, 6) is 1.68. The van der Waals surface area contributed by atoms with Gasteiger partial charge in [0.2, 0.25) is 5.16 Å². The smallest absolute Gasteiger partial charge is 0.273 e. The van der Waals surface area contributed by atoms with Crippen LogP contribution in [0.3, 0.4) is 0 Å². The quantitative estimate of drug-likeness (QED) is 0.251. The van der Waals surface area contributed by atoms with Crippen LogP contribution in [-0.2, 0) is 0 Å². The lowest BCUT2D eigenvalue weighted by molar-refractivity contribution is -0.384. The van der Waals surface area contributed by atoms with Crippen LogP contribution in [0.1, 0.15) is 5.56 Å². The largest absolute Gasteiger partial charge is 0.494 e.